The van der Waals surface area contributed by atoms with Crippen molar-refractivity contribution in [3.8, 4) is 0 Å². The Kier molecular flexibility index (Phi) is 7.47. The van der Waals surface area contributed by atoms with Crippen LogP contribution in [0.2, 0.25) is 0 Å². The van der Waals surface area contributed by atoms with E-state index in [0.717, 1.165) is 0 Å². The monoisotopic (exact) mass is 287 g/mol. The normalized spacial score (nSPS) is 12.2. The number of thioether (sulfide) groups is 1. The first-order valence-electron chi connectivity index (χ1n) is 5.94. The number of nitrogens with one attached hydrogen (secondary N) is 1. The van der Waals surface area contributed by atoms with Gasteiger partial charge < -0.3 is 15.2 Å². The number of aliphatic hydroxyl groups is 1. The standard InChI is InChI=1S/C13H18FNO3S/c1-18-9-10(8-16)15-13(17)6-7-19-12-5-3-2-4-11(12)14/h2-5,10,16H,6-9H2,1H3,(H,15,17). The minimum Gasteiger partial charge on any atom is -0.394 e. The summed E-state index contributed by atoms with van der Waals surface area (Å²) in [6, 6.07) is 6.06. The third-order valence-corrected chi connectivity index (χ3v) is 3.43. The highest BCUT2D eigenvalue weighted by molar-refractivity contribution is 7.99. The Morgan fingerprint density at radius 2 is 2.26 bits per heavy atom. The summed E-state index contributed by atoms with van der Waals surface area (Å²) in [4.78, 5) is 12.1. The van der Waals surface area contributed by atoms with Crippen LogP contribution in [0.5, 0.6) is 0 Å². The van der Waals surface area contributed by atoms with Gasteiger partial charge in [0, 0.05) is 24.2 Å². The van der Waals surface area contributed by atoms with Crippen molar-refractivity contribution in [2.45, 2.75) is 17.4 Å². The van der Waals surface area contributed by atoms with Gasteiger partial charge in [0.05, 0.1) is 19.3 Å². The Morgan fingerprint density at radius 3 is 2.89 bits per heavy atom. The van der Waals surface area contributed by atoms with E-state index in [9.17, 15) is 9.18 Å². The van der Waals surface area contributed by atoms with E-state index in [2.05, 4.69) is 5.32 Å². The maximum atomic E-state index is 13.3. The first kappa shape index (κ1) is 15.9. The minimum absolute atomic E-state index is 0.167. The molecule has 19 heavy (non-hydrogen) atoms. The van der Waals surface area contributed by atoms with Crippen LogP contribution in [0.25, 0.3) is 0 Å². The SMILES string of the molecule is COCC(CO)NC(=O)CCSc1ccccc1F. The number of amides is 1. The molecule has 1 aromatic rings. The van der Waals surface area contributed by atoms with Crippen LogP contribution in [0.15, 0.2) is 29.2 Å². The number of rotatable bonds is 8. The zero-order valence-corrected chi connectivity index (χ0v) is 11.6. The van der Waals surface area contributed by atoms with Gasteiger partial charge >= 0.3 is 0 Å². The van der Waals surface area contributed by atoms with Crippen molar-refractivity contribution in [3.63, 3.8) is 0 Å². The molecule has 0 bridgehead atoms. The summed E-state index contributed by atoms with van der Waals surface area (Å²) in [5.41, 5.74) is 0. The Labute approximate surface area is 116 Å². The van der Waals surface area contributed by atoms with E-state index in [-0.39, 0.29) is 31.4 Å². The number of carbonyl (C=O) groups excluding carboxylic acids is 1. The predicted molar refractivity (Wildman–Crippen MR) is 72.6 cm³/mol. The van der Waals surface area contributed by atoms with Crippen molar-refractivity contribution in [1.82, 2.24) is 5.32 Å². The van der Waals surface area contributed by atoms with Crippen LogP contribution < -0.4 is 5.32 Å². The summed E-state index contributed by atoms with van der Waals surface area (Å²) in [5.74, 6) is 0.0261. The molecule has 0 radical (unpaired) electrons. The van der Waals surface area contributed by atoms with E-state index in [0.29, 0.717) is 10.6 Å². The van der Waals surface area contributed by atoms with Gasteiger partial charge in [0.1, 0.15) is 5.82 Å². The molecule has 0 aliphatic heterocycles. The van der Waals surface area contributed by atoms with Gasteiger partial charge in [-0.15, -0.1) is 11.8 Å². The van der Waals surface area contributed by atoms with E-state index in [1.165, 1.54) is 24.9 Å². The zero-order chi connectivity index (χ0) is 14.1. The lowest BCUT2D eigenvalue weighted by Gasteiger charge is -2.14. The van der Waals surface area contributed by atoms with Crippen LogP contribution in [-0.2, 0) is 9.53 Å². The predicted octanol–water partition coefficient (Wildman–Crippen LogP) is 1.43. The molecule has 6 heteroatoms. The second kappa shape index (κ2) is 8.90. The summed E-state index contributed by atoms with van der Waals surface area (Å²) >= 11 is 1.29. The topological polar surface area (TPSA) is 58.6 Å². The second-order valence-corrected chi connectivity index (χ2v) is 5.07. The maximum Gasteiger partial charge on any atom is 0.221 e. The van der Waals surface area contributed by atoms with E-state index in [1.54, 1.807) is 18.2 Å². The number of hydrogen-bond donors (Lipinski definition) is 2. The molecule has 2 N–H and O–H groups in total. The zero-order valence-electron chi connectivity index (χ0n) is 10.8. The van der Waals surface area contributed by atoms with Gasteiger partial charge in [0.2, 0.25) is 5.91 Å². The fourth-order valence-electron chi connectivity index (χ4n) is 1.46. The Hall–Kier alpha value is -1.11. The number of hydrogen-bond acceptors (Lipinski definition) is 4. The molecule has 1 rings (SSSR count). The molecule has 0 saturated heterocycles. The quantitative estimate of drug-likeness (QED) is 0.710. The van der Waals surface area contributed by atoms with E-state index < -0.39 is 6.04 Å². The highest BCUT2D eigenvalue weighted by Crippen LogP contribution is 2.21. The molecule has 0 aliphatic rings. The Bertz CT molecular complexity index is 403. The Morgan fingerprint density at radius 1 is 1.53 bits per heavy atom. The summed E-state index contributed by atoms with van der Waals surface area (Å²) in [6.45, 7) is 0.0999. The third kappa shape index (κ3) is 6.04. The van der Waals surface area contributed by atoms with E-state index >= 15 is 0 Å². The highest BCUT2D eigenvalue weighted by atomic mass is 32.2. The summed E-state index contributed by atoms with van der Waals surface area (Å²) in [6.07, 6.45) is 0.263. The number of methoxy groups -OCH3 is 1. The average Bonchev–Trinajstić information content (AvgIpc) is 2.40. The Balaban J connectivity index is 2.29. The summed E-state index contributed by atoms with van der Waals surface area (Å²) < 4.78 is 18.2. The van der Waals surface area contributed by atoms with Crippen LogP contribution in [0.4, 0.5) is 4.39 Å². The number of ether oxygens (including phenoxy) is 1. The molecule has 0 fully saturated rings. The van der Waals surface area contributed by atoms with Gasteiger partial charge in [-0.1, -0.05) is 12.1 Å². The summed E-state index contributed by atoms with van der Waals surface area (Å²) in [7, 11) is 1.50. The van der Waals surface area contributed by atoms with Crippen molar-refractivity contribution in [2.75, 3.05) is 26.1 Å². The lowest BCUT2D eigenvalue weighted by molar-refractivity contribution is -0.122. The molecule has 0 aromatic heterocycles. The number of carbonyl (C=O) groups is 1. The maximum absolute atomic E-state index is 13.3. The number of benzene rings is 1. The number of halogens is 1. The molecule has 0 spiro atoms. The molecule has 1 amide bonds. The van der Waals surface area contributed by atoms with Gasteiger partial charge in [-0.05, 0) is 12.1 Å². The second-order valence-electron chi connectivity index (χ2n) is 3.93. The van der Waals surface area contributed by atoms with Crippen molar-refractivity contribution in [3.05, 3.63) is 30.1 Å². The fraction of sp³-hybridized carbons (Fsp3) is 0.462. The average molecular weight is 287 g/mol. The molecule has 4 nitrogen and oxygen atoms in total. The van der Waals surface area contributed by atoms with Crippen molar-refractivity contribution in [2.24, 2.45) is 0 Å². The molecule has 1 unspecified atom stereocenters. The van der Waals surface area contributed by atoms with Crippen molar-refractivity contribution >= 4 is 17.7 Å². The largest absolute Gasteiger partial charge is 0.394 e. The van der Waals surface area contributed by atoms with Gasteiger partial charge in [0.25, 0.3) is 0 Å². The molecule has 106 valence electrons. The van der Waals surface area contributed by atoms with Crippen molar-refractivity contribution < 1.29 is 19.0 Å². The smallest absolute Gasteiger partial charge is 0.221 e. The molecule has 0 saturated carbocycles. The molecular formula is C13H18FNO3S. The van der Waals surface area contributed by atoms with Crippen LogP contribution in [-0.4, -0.2) is 43.1 Å². The van der Waals surface area contributed by atoms with Crippen molar-refractivity contribution in [1.29, 1.82) is 0 Å². The molecule has 1 aromatic carbocycles. The molecule has 0 aliphatic carbocycles. The molecular weight excluding hydrogens is 269 g/mol. The van der Waals surface area contributed by atoms with E-state index in [4.69, 9.17) is 9.84 Å². The summed E-state index contributed by atoms with van der Waals surface area (Å²) in [5, 5.41) is 11.6. The highest BCUT2D eigenvalue weighted by Gasteiger charge is 2.11. The minimum atomic E-state index is -0.393. The van der Waals surface area contributed by atoms with Gasteiger partial charge in [-0.2, -0.15) is 0 Å². The van der Waals surface area contributed by atoms with Crippen LogP contribution in [0, 0.1) is 5.82 Å². The van der Waals surface area contributed by atoms with Crippen LogP contribution >= 0.6 is 11.8 Å². The third-order valence-electron chi connectivity index (χ3n) is 2.38. The fourth-order valence-corrected chi connectivity index (χ4v) is 2.34. The number of aliphatic hydroxyl groups excluding tert-OH is 1. The van der Waals surface area contributed by atoms with E-state index in [1.807, 2.05) is 0 Å². The lowest BCUT2D eigenvalue weighted by Crippen LogP contribution is -2.40. The molecule has 0 heterocycles. The molecule has 1 atom stereocenters. The first-order chi connectivity index (χ1) is 9.17. The van der Waals surface area contributed by atoms with Crippen LogP contribution in [0.1, 0.15) is 6.42 Å². The first-order valence-corrected chi connectivity index (χ1v) is 6.92. The van der Waals surface area contributed by atoms with Gasteiger partial charge in [-0.3, -0.25) is 4.79 Å². The van der Waals surface area contributed by atoms with Gasteiger partial charge in [-0.25, -0.2) is 4.39 Å². The lowest BCUT2D eigenvalue weighted by atomic mass is 10.3. The van der Waals surface area contributed by atoms with Gasteiger partial charge in [0.15, 0.2) is 0 Å². The van der Waals surface area contributed by atoms with Crippen LogP contribution in [0.3, 0.4) is 0 Å².